The van der Waals surface area contributed by atoms with Crippen LogP contribution in [0.25, 0.3) is 0 Å². The van der Waals surface area contributed by atoms with Crippen LogP contribution in [0.4, 0.5) is 14.9 Å². The lowest BCUT2D eigenvalue weighted by atomic mass is 10.3. The van der Waals surface area contributed by atoms with Crippen LogP contribution in [0.3, 0.4) is 0 Å². The summed E-state index contributed by atoms with van der Waals surface area (Å²) in [6.07, 6.45) is 5.13. The zero-order valence-corrected chi connectivity index (χ0v) is 15.9. The fraction of sp³-hybridized carbons (Fsp3) is 0.158. The maximum atomic E-state index is 13.0. The Hall–Kier alpha value is -3.20. The van der Waals surface area contributed by atoms with E-state index in [-0.39, 0.29) is 15.8 Å². The first-order valence-corrected chi connectivity index (χ1v) is 9.97. The van der Waals surface area contributed by atoms with Crippen LogP contribution in [0.1, 0.15) is 6.92 Å². The van der Waals surface area contributed by atoms with Gasteiger partial charge in [-0.05, 0) is 55.5 Å². The van der Waals surface area contributed by atoms with Gasteiger partial charge in [-0.3, -0.25) is 0 Å². The van der Waals surface area contributed by atoms with Crippen molar-refractivity contribution in [3.05, 3.63) is 73.1 Å². The van der Waals surface area contributed by atoms with Gasteiger partial charge in [-0.15, -0.1) is 0 Å². The lowest BCUT2D eigenvalue weighted by molar-refractivity contribution is 0.248. The first-order chi connectivity index (χ1) is 13.3. The largest absolute Gasteiger partial charge is 0.335 e. The van der Waals surface area contributed by atoms with Crippen molar-refractivity contribution in [1.82, 2.24) is 14.9 Å². The molecular formula is C19H19FN4O3S. The third kappa shape index (κ3) is 4.74. The lowest BCUT2D eigenvalue weighted by Crippen LogP contribution is -2.38. The number of urea groups is 1. The molecule has 0 bridgehead atoms. The lowest BCUT2D eigenvalue weighted by Gasteiger charge is -2.15. The number of imidazole rings is 1. The first kappa shape index (κ1) is 19.6. The van der Waals surface area contributed by atoms with Crippen molar-refractivity contribution in [3.63, 3.8) is 0 Å². The number of carbonyl (C=O) groups is 1. The van der Waals surface area contributed by atoms with Gasteiger partial charge in [0.05, 0.1) is 16.1 Å². The summed E-state index contributed by atoms with van der Waals surface area (Å²) in [6, 6.07) is 9.86. The maximum absolute atomic E-state index is 13.0. The van der Waals surface area contributed by atoms with Gasteiger partial charge in [-0.1, -0.05) is 0 Å². The number of hydrogen-bond donors (Lipinski definition) is 2. The summed E-state index contributed by atoms with van der Waals surface area (Å²) < 4.78 is 39.9. The summed E-state index contributed by atoms with van der Waals surface area (Å²) in [5, 5.41) is 5.45. The molecule has 2 N–H and O–H groups in total. The Labute approximate surface area is 162 Å². The highest BCUT2D eigenvalue weighted by Crippen LogP contribution is 2.22. The average Bonchev–Trinajstić information content (AvgIpc) is 3.15. The van der Waals surface area contributed by atoms with Gasteiger partial charge in [0, 0.05) is 30.7 Å². The summed E-state index contributed by atoms with van der Waals surface area (Å²) in [6.45, 7) is 2.43. The summed E-state index contributed by atoms with van der Waals surface area (Å²) in [5.41, 5.74) is 0.449. The highest BCUT2D eigenvalue weighted by Gasteiger charge is 2.17. The molecule has 1 atom stereocenters. The number of amides is 2. The third-order valence-electron chi connectivity index (χ3n) is 3.97. The molecule has 1 aromatic heterocycles. The molecule has 0 fully saturated rings. The molecule has 146 valence electrons. The van der Waals surface area contributed by atoms with Crippen LogP contribution in [0.15, 0.2) is 77.0 Å². The van der Waals surface area contributed by atoms with E-state index in [9.17, 15) is 17.6 Å². The summed E-state index contributed by atoms with van der Waals surface area (Å²) in [5.74, 6) is -0.508. The van der Waals surface area contributed by atoms with Crippen molar-refractivity contribution < 1.29 is 17.6 Å². The quantitative estimate of drug-likeness (QED) is 0.620. The smallest absolute Gasteiger partial charge is 0.319 e. The number of rotatable bonds is 6. The summed E-state index contributed by atoms with van der Waals surface area (Å²) >= 11 is 0. The zero-order valence-electron chi connectivity index (χ0n) is 15.0. The van der Waals surface area contributed by atoms with E-state index in [0.717, 1.165) is 12.1 Å². The predicted molar refractivity (Wildman–Crippen MR) is 102 cm³/mol. The maximum Gasteiger partial charge on any atom is 0.319 e. The third-order valence-corrected chi connectivity index (χ3v) is 5.75. The standard InChI is InChI=1S/C19H19FN4O3S/c1-14(12-24-11-10-21-13-24)22-19(25)23-16-4-8-18(9-5-16)28(26,27)17-6-2-15(20)3-7-17/h2-11,13-14H,12H2,1H3,(H2,22,23,25). The van der Waals surface area contributed by atoms with Gasteiger partial charge in [0.1, 0.15) is 5.82 Å². The van der Waals surface area contributed by atoms with E-state index in [1.54, 1.807) is 18.7 Å². The topological polar surface area (TPSA) is 93.1 Å². The van der Waals surface area contributed by atoms with E-state index in [1.165, 1.54) is 36.4 Å². The van der Waals surface area contributed by atoms with E-state index in [2.05, 4.69) is 15.6 Å². The van der Waals surface area contributed by atoms with Crippen molar-refractivity contribution in [3.8, 4) is 0 Å². The molecule has 0 saturated carbocycles. The fourth-order valence-electron chi connectivity index (χ4n) is 2.61. The number of nitrogens with one attached hydrogen (secondary N) is 2. The van der Waals surface area contributed by atoms with Gasteiger partial charge in [0.15, 0.2) is 0 Å². The summed E-state index contributed by atoms with van der Waals surface area (Å²) in [4.78, 5) is 16.1. The molecular weight excluding hydrogens is 383 g/mol. The van der Waals surface area contributed by atoms with Gasteiger partial charge < -0.3 is 15.2 Å². The SMILES string of the molecule is CC(Cn1ccnc1)NC(=O)Nc1ccc(S(=O)(=O)c2ccc(F)cc2)cc1. The van der Waals surface area contributed by atoms with Crippen molar-refractivity contribution in [2.45, 2.75) is 29.3 Å². The van der Waals surface area contributed by atoms with Crippen LogP contribution in [-0.2, 0) is 16.4 Å². The molecule has 3 rings (SSSR count). The molecule has 0 aliphatic heterocycles. The van der Waals surface area contributed by atoms with E-state index < -0.39 is 21.7 Å². The first-order valence-electron chi connectivity index (χ1n) is 8.48. The molecule has 2 amide bonds. The van der Waals surface area contributed by atoms with Crippen LogP contribution < -0.4 is 10.6 Å². The van der Waals surface area contributed by atoms with Gasteiger partial charge in [-0.2, -0.15) is 0 Å². The minimum Gasteiger partial charge on any atom is -0.335 e. The van der Waals surface area contributed by atoms with Crippen molar-refractivity contribution in [2.24, 2.45) is 0 Å². The van der Waals surface area contributed by atoms with Crippen LogP contribution in [0.2, 0.25) is 0 Å². The predicted octanol–water partition coefficient (Wildman–Crippen LogP) is 3.07. The molecule has 0 aliphatic carbocycles. The monoisotopic (exact) mass is 402 g/mol. The van der Waals surface area contributed by atoms with Crippen LogP contribution >= 0.6 is 0 Å². The van der Waals surface area contributed by atoms with Crippen molar-refractivity contribution in [1.29, 1.82) is 0 Å². The molecule has 7 nitrogen and oxygen atoms in total. The Kier molecular flexibility index (Phi) is 5.74. The van der Waals surface area contributed by atoms with Crippen LogP contribution in [0, 0.1) is 5.82 Å². The average molecular weight is 402 g/mol. The Balaban J connectivity index is 1.62. The minimum absolute atomic E-state index is 0.000629. The highest BCUT2D eigenvalue weighted by molar-refractivity contribution is 7.91. The van der Waals surface area contributed by atoms with Crippen molar-refractivity contribution >= 4 is 21.6 Å². The Bertz CT molecular complexity index is 1030. The van der Waals surface area contributed by atoms with Crippen molar-refractivity contribution in [2.75, 3.05) is 5.32 Å². The minimum atomic E-state index is -3.75. The molecule has 0 aliphatic rings. The number of benzene rings is 2. The second-order valence-corrected chi connectivity index (χ2v) is 8.19. The normalized spacial score (nSPS) is 12.4. The molecule has 3 aromatic rings. The number of sulfone groups is 1. The Morgan fingerprint density at radius 1 is 1.11 bits per heavy atom. The van der Waals surface area contributed by atoms with Crippen LogP contribution in [-0.4, -0.2) is 30.0 Å². The van der Waals surface area contributed by atoms with E-state index in [1.807, 2.05) is 11.5 Å². The van der Waals surface area contributed by atoms with Crippen LogP contribution in [0.5, 0.6) is 0 Å². The van der Waals surface area contributed by atoms with Gasteiger partial charge in [0.2, 0.25) is 9.84 Å². The van der Waals surface area contributed by atoms with Gasteiger partial charge in [-0.25, -0.2) is 22.6 Å². The Morgan fingerprint density at radius 2 is 1.71 bits per heavy atom. The molecule has 28 heavy (non-hydrogen) atoms. The van der Waals surface area contributed by atoms with E-state index in [4.69, 9.17) is 0 Å². The number of aromatic nitrogens is 2. The molecule has 2 aromatic carbocycles. The Morgan fingerprint density at radius 3 is 2.29 bits per heavy atom. The molecule has 0 saturated heterocycles. The molecule has 1 heterocycles. The van der Waals surface area contributed by atoms with E-state index in [0.29, 0.717) is 12.2 Å². The van der Waals surface area contributed by atoms with E-state index >= 15 is 0 Å². The second kappa shape index (κ2) is 8.22. The molecule has 9 heteroatoms. The van der Waals surface area contributed by atoms with Gasteiger partial charge in [0.25, 0.3) is 0 Å². The highest BCUT2D eigenvalue weighted by atomic mass is 32.2. The second-order valence-electron chi connectivity index (χ2n) is 6.24. The zero-order chi connectivity index (χ0) is 20.1. The number of anilines is 1. The number of carbonyl (C=O) groups excluding carboxylic acids is 1. The molecule has 1 unspecified atom stereocenters. The molecule has 0 radical (unpaired) electrons. The van der Waals surface area contributed by atoms with Gasteiger partial charge >= 0.3 is 6.03 Å². The fourth-order valence-corrected chi connectivity index (χ4v) is 3.88. The molecule has 0 spiro atoms. The summed E-state index contributed by atoms with van der Waals surface area (Å²) in [7, 11) is -3.75. The number of hydrogen-bond acceptors (Lipinski definition) is 4. The number of nitrogens with zero attached hydrogens (tertiary/aromatic N) is 2. The number of halogens is 1.